The molecule has 1 N–H and O–H groups in total. The first-order chi connectivity index (χ1) is 11.6. The number of halogens is 2. The van der Waals surface area contributed by atoms with E-state index in [9.17, 15) is 9.18 Å². The lowest BCUT2D eigenvalue weighted by Crippen LogP contribution is -2.10. The highest BCUT2D eigenvalue weighted by atomic mass is 35.5. The van der Waals surface area contributed by atoms with Crippen molar-refractivity contribution in [1.82, 2.24) is 4.98 Å². The fraction of sp³-hybridized carbons (Fsp3) is 0.0588. The number of nitrogens with one attached hydrogen (secondary N) is 1. The van der Waals surface area contributed by atoms with Crippen LogP contribution in [0.3, 0.4) is 0 Å². The van der Waals surface area contributed by atoms with Gasteiger partial charge in [-0.2, -0.15) is 0 Å². The molecule has 4 nitrogen and oxygen atoms in total. The number of rotatable bonds is 4. The van der Waals surface area contributed by atoms with Gasteiger partial charge in [0.05, 0.1) is 24.0 Å². The van der Waals surface area contributed by atoms with Crippen molar-refractivity contribution >= 4 is 34.5 Å². The molecule has 0 aliphatic rings. The van der Waals surface area contributed by atoms with E-state index in [0.29, 0.717) is 15.6 Å². The Labute approximate surface area is 146 Å². The highest BCUT2D eigenvalue weighted by Crippen LogP contribution is 2.28. The molecular weight excluding hydrogens is 351 g/mol. The molecule has 24 heavy (non-hydrogen) atoms. The smallest absolute Gasteiger partial charge is 0.267 e. The number of hydrogen-bond acceptors (Lipinski definition) is 4. The zero-order valence-corrected chi connectivity index (χ0v) is 14.1. The van der Waals surface area contributed by atoms with Gasteiger partial charge >= 0.3 is 0 Å². The lowest BCUT2D eigenvalue weighted by molar-refractivity contribution is 0.103. The van der Waals surface area contributed by atoms with Crippen LogP contribution in [0.4, 0.5) is 10.1 Å². The van der Waals surface area contributed by atoms with E-state index >= 15 is 0 Å². The zero-order valence-electron chi connectivity index (χ0n) is 12.5. The van der Waals surface area contributed by atoms with Crippen molar-refractivity contribution in [3.8, 4) is 16.3 Å². The largest absolute Gasteiger partial charge is 0.497 e. The minimum absolute atomic E-state index is 0.142. The summed E-state index contributed by atoms with van der Waals surface area (Å²) in [6.07, 6.45) is 1.50. The summed E-state index contributed by atoms with van der Waals surface area (Å²) in [5.41, 5.74) is 1.24. The van der Waals surface area contributed by atoms with Crippen molar-refractivity contribution in [2.24, 2.45) is 0 Å². The summed E-state index contributed by atoms with van der Waals surface area (Å²) in [6, 6.07) is 11.2. The molecule has 1 aromatic heterocycles. The molecule has 1 heterocycles. The second kappa shape index (κ2) is 6.98. The quantitative estimate of drug-likeness (QED) is 0.720. The van der Waals surface area contributed by atoms with E-state index in [1.165, 1.54) is 29.7 Å². The van der Waals surface area contributed by atoms with Crippen molar-refractivity contribution in [3.05, 3.63) is 64.4 Å². The monoisotopic (exact) mass is 362 g/mol. The fourth-order valence-electron chi connectivity index (χ4n) is 2.02. The summed E-state index contributed by atoms with van der Waals surface area (Å²) in [6.45, 7) is 0. The van der Waals surface area contributed by atoms with Crippen LogP contribution in [0.15, 0.2) is 48.7 Å². The molecule has 0 saturated heterocycles. The van der Waals surface area contributed by atoms with E-state index in [-0.39, 0.29) is 10.9 Å². The molecule has 0 atom stereocenters. The van der Waals surface area contributed by atoms with Gasteiger partial charge in [-0.25, -0.2) is 9.37 Å². The Morgan fingerprint density at radius 1 is 1.25 bits per heavy atom. The zero-order chi connectivity index (χ0) is 17.1. The maximum atomic E-state index is 13.0. The number of ether oxygens (including phenoxy) is 1. The first-order valence-electron chi connectivity index (χ1n) is 6.93. The summed E-state index contributed by atoms with van der Waals surface area (Å²) < 4.78 is 18.2. The average molecular weight is 363 g/mol. The highest BCUT2D eigenvalue weighted by molar-refractivity contribution is 7.17. The molecule has 0 unspecified atom stereocenters. The summed E-state index contributed by atoms with van der Waals surface area (Å²) in [5.74, 6) is -0.0578. The molecular formula is C17H12ClFN2O2S. The summed E-state index contributed by atoms with van der Waals surface area (Å²) in [7, 11) is 1.60. The van der Waals surface area contributed by atoms with E-state index < -0.39 is 5.82 Å². The second-order valence-corrected chi connectivity index (χ2v) is 6.27. The van der Waals surface area contributed by atoms with Crippen molar-refractivity contribution in [2.75, 3.05) is 12.4 Å². The Kier molecular flexibility index (Phi) is 4.78. The molecule has 0 spiro atoms. The number of anilines is 1. The van der Waals surface area contributed by atoms with Crippen molar-refractivity contribution in [3.63, 3.8) is 0 Å². The van der Waals surface area contributed by atoms with Gasteiger partial charge in [0, 0.05) is 5.56 Å². The van der Waals surface area contributed by atoms with Crippen LogP contribution in [0, 0.1) is 5.82 Å². The van der Waals surface area contributed by atoms with Gasteiger partial charge in [0.25, 0.3) is 5.91 Å². The minimum atomic E-state index is -0.461. The molecule has 2 aromatic carbocycles. The number of aromatic nitrogens is 1. The Morgan fingerprint density at radius 2 is 2.00 bits per heavy atom. The predicted octanol–water partition coefficient (Wildman–Crippen LogP) is 4.86. The Bertz CT molecular complexity index is 881. The van der Waals surface area contributed by atoms with Gasteiger partial charge < -0.3 is 10.1 Å². The number of carbonyl (C=O) groups excluding carboxylic acids is 1. The van der Waals surface area contributed by atoms with Gasteiger partial charge in [-0.15, -0.1) is 11.3 Å². The third-order valence-electron chi connectivity index (χ3n) is 3.25. The topological polar surface area (TPSA) is 51.2 Å². The van der Waals surface area contributed by atoms with Gasteiger partial charge in [0.15, 0.2) is 0 Å². The normalized spacial score (nSPS) is 10.5. The van der Waals surface area contributed by atoms with Crippen LogP contribution in [0.2, 0.25) is 5.02 Å². The first-order valence-corrected chi connectivity index (χ1v) is 8.13. The van der Waals surface area contributed by atoms with Gasteiger partial charge in [0.2, 0.25) is 0 Å². The van der Waals surface area contributed by atoms with Crippen LogP contribution >= 0.6 is 22.9 Å². The first kappa shape index (κ1) is 16.4. The lowest BCUT2D eigenvalue weighted by Gasteiger charge is -2.05. The van der Waals surface area contributed by atoms with E-state index in [1.54, 1.807) is 7.11 Å². The number of thiazole rings is 1. The standard InChI is InChI=1S/C17H12ClFN2O2S/c1-23-12-5-2-10(3-6-12)17-20-9-15(24-17)16(22)21-14-7-4-11(19)8-13(14)18/h2-9H,1H3,(H,21,22). The molecule has 7 heteroatoms. The molecule has 0 fully saturated rings. The predicted molar refractivity (Wildman–Crippen MR) is 93.5 cm³/mol. The lowest BCUT2D eigenvalue weighted by atomic mass is 10.2. The van der Waals surface area contributed by atoms with Gasteiger partial charge in [0.1, 0.15) is 21.5 Å². The number of nitrogens with zero attached hydrogens (tertiary/aromatic N) is 1. The van der Waals surface area contributed by atoms with Crippen LogP contribution in [-0.2, 0) is 0 Å². The third kappa shape index (κ3) is 3.55. The van der Waals surface area contributed by atoms with Crippen LogP contribution in [0.5, 0.6) is 5.75 Å². The number of benzene rings is 2. The van der Waals surface area contributed by atoms with Crippen molar-refractivity contribution in [1.29, 1.82) is 0 Å². The van der Waals surface area contributed by atoms with Crippen LogP contribution in [-0.4, -0.2) is 18.0 Å². The molecule has 0 aliphatic heterocycles. The summed E-state index contributed by atoms with van der Waals surface area (Å²) in [5, 5.41) is 3.51. The molecule has 122 valence electrons. The van der Waals surface area contributed by atoms with Gasteiger partial charge in [-0.3, -0.25) is 4.79 Å². The number of amides is 1. The minimum Gasteiger partial charge on any atom is -0.497 e. The third-order valence-corrected chi connectivity index (χ3v) is 4.60. The van der Waals surface area contributed by atoms with Crippen LogP contribution < -0.4 is 10.1 Å². The molecule has 3 aromatic rings. The van der Waals surface area contributed by atoms with E-state index in [2.05, 4.69) is 10.3 Å². The number of hydrogen-bond donors (Lipinski definition) is 1. The van der Waals surface area contributed by atoms with Gasteiger partial charge in [-0.1, -0.05) is 11.6 Å². The van der Waals surface area contributed by atoms with Crippen molar-refractivity contribution < 1.29 is 13.9 Å². The molecule has 0 radical (unpaired) electrons. The van der Waals surface area contributed by atoms with E-state index in [0.717, 1.165) is 17.4 Å². The van der Waals surface area contributed by atoms with Gasteiger partial charge in [-0.05, 0) is 42.5 Å². The Balaban J connectivity index is 1.77. The maximum absolute atomic E-state index is 13.0. The fourth-order valence-corrected chi connectivity index (χ4v) is 3.05. The summed E-state index contributed by atoms with van der Waals surface area (Å²) >= 11 is 7.17. The maximum Gasteiger partial charge on any atom is 0.267 e. The van der Waals surface area contributed by atoms with Crippen LogP contribution in [0.25, 0.3) is 10.6 Å². The molecule has 0 aliphatic carbocycles. The summed E-state index contributed by atoms with van der Waals surface area (Å²) in [4.78, 5) is 17.0. The average Bonchev–Trinajstić information content (AvgIpc) is 3.07. The molecule has 3 rings (SSSR count). The molecule has 0 saturated carbocycles. The van der Waals surface area contributed by atoms with E-state index in [4.69, 9.17) is 16.3 Å². The number of carbonyl (C=O) groups is 1. The SMILES string of the molecule is COc1ccc(-c2ncc(C(=O)Nc3ccc(F)cc3Cl)s2)cc1. The molecule has 1 amide bonds. The second-order valence-electron chi connectivity index (χ2n) is 4.84. The van der Waals surface area contributed by atoms with Crippen molar-refractivity contribution in [2.45, 2.75) is 0 Å². The Morgan fingerprint density at radius 3 is 2.67 bits per heavy atom. The highest BCUT2D eigenvalue weighted by Gasteiger charge is 2.13. The molecule has 0 bridgehead atoms. The van der Waals surface area contributed by atoms with Crippen LogP contribution in [0.1, 0.15) is 9.67 Å². The van der Waals surface area contributed by atoms with E-state index in [1.807, 2.05) is 24.3 Å². The number of methoxy groups -OCH3 is 1. The Hall–Kier alpha value is -2.44.